The summed E-state index contributed by atoms with van der Waals surface area (Å²) in [5.74, 6) is 0.000988. The third-order valence-electron chi connectivity index (χ3n) is 5.72. The fourth-order valence-electron chi connectivity index (χ4n) is 4.18. The number of H-pyrrole nitrogens is 1. The Labute approximate surface area is 173 Å². The van der Waals surface area contributed by atoms with Crippen molar-refractivity contribution >= 4 is 16.9 Å². The summed E-state index contributed by atoms with van der Waals surface area (Å²) in [6.45, 7) is 2.40. The summed E-state index contributed by atoms with van der Waals surface area (Å²) in [4.78, 5) is 19.3. The standard InChI is InChI=1S/C23H18N6O/c1-14-11-25-12-16(10-24)19(14)9-22-17-4-2-3-5-18(17)23(30)29(22)13-15-6-7-20-21(8-15)27-28-26-20/h2-8,11-12,22H,9,13H2,1H3,(H,26,27,28). The predicted octanol–water partition coefficient (Wildman–Crippen LogP) is 3.47. The van der Waals surface area contributed by atoms with E-state index in [1.165, 1.54) is 0 Å². The van der Waals surface area contributed by atoms with Gasteiger partial charge < -0.3 is 4.90 Å². The van der Waals surface area contributed by atoms with Gasteiger partial charge in [0.25, 0.3) is 5.91 Å². The smallest absolute Gasteiger partial charge is 0.255 e. The second kappa shape index (κ2) is 7.08. The summed E-state index contributed by atoms with van der Waals surface area (Å²) in [5, 5.41) is 20.3. The number of nitrogens with one attached hydrogen (secondary N) is 1. The number of benzene rings is 2. The molecule has 146 valence electrons. The molecule has 5 rings (SSSR count). The fourth-order valence-corrected chi connectivity index (χ4v) is 4.18. The second-order valence-electron chi connectivity index (χ2n) is 7.50. The molecule has 1 N–H and O–H groups in total. The zero-order valence-electron chi connectivity index (χ0n) is 16.3. The van der Waals surface area contributed by atoms with Crippen LogP contribution in [-0.4, -0.2) is 31.2 Å². The summed E-state index contributed by atoms with van der Waals surface area (Å²) < 4.78 is 0. The molecule has 1 aliphatic heterocycles. The van der Waals surface area contributed by atoms with E-state index < -0.39 is 0 Å². The van der Waals surface area contributed by atoms with E-state index in [1.807, 2.05) is 54.3 Å². The fraction of sp³-hybridized carbons (Fsp3) is 0.174. The topological polar surface area (TPSA) is 98.6 Å². The molecule has 7 nitrogen and oxygen atoms in total. The first kappa shape index (κ1) is 18.0. The summed E-state index contributed by atoms with van der Waals surface area (Å²) >= 11 is 0. The number of nitrogens with zero attached hydrogens (tertiary/aromatic N) is 5. The Morgan fingerprint density at radius 2 is 2.07 bits per heavy atom. The normalized spacial score (nSPS) is 15.4. The number of rotatable bonds is 4. The number of hydrogen-bond acceptors (Lipinski definition) is 5. The molecular formula is C23H18N6O. The maximum absolute atomic E-state index is 13.3. The van der Waals surface area contributed by atoms with Crippen LogP contribution in [0.4, 0.5) is 0 Å². The molecule has 0 bridgehead atoms. The van der Waals surface area contributed by atoms with E-state index in [2.05, 4.69) is 26.5 Å². The van der Waals surface area contributed by atoms with Crippen molar-refractivity contribution in [1.29, 1.82) is 5.26 Å². The van der Waals surface area contributed by atoms with E-state index in [0.717, 1.165) is 38.9 Å². The van der Waals surface area contributed by atoms with Gasteiger partial charge in [-0.25, -0.2) is 0 Å². The predicted molar refractivity (Wildman–Crippen MR) is 110 cm³/mol. The zero-order valence-corrected chi connectivity index (χ0v) is 16.3. The minimum atomic E-state index is -0.157. The molecule has 2 aromatic heterocycles. The molecule has 4 aromatic rings. The maximum atomic E-state index is 13.3. The summed E-state index contributed by atoms with van der Waals surface area (Å²) in [5.41, 5.74) is 6.75. The van der Waals surface area contributed by atoms with Gasteiger partial charge in [-0.15, -0.1) is 5.10 Å². The Balaban J connectivity index is 1.55. The van der Waals surface area contributed by atoms with Gasteiger partial charge in [0.1, 0.15) is 11.6 Å². The lowest BCUT2D eigenvalue weighted by atomic mass is 9.94. The summed E-state index contributed by atoms with van der Waals surface area (Å²) in [7, 11) is 0. The number of fused-ring (bicyclic) bond motifs is 2. The van der Waals surface area contributed by atoms with Crippen molar-refractivity contribution in [2.24, 2.45) is 0 Å². The van der Waals surface area contributed by atoms with Crippen molar-refractivity contribution in [1.82, 2.24) is 25.3 Å². The number of nitriles is 1. The molecule has 0 fully saturated rings. The molecule has 30 heavy (non-hydrogen) atoms. The van der Waals surface area contributed by atoms with Crippen molar-refractivity contribution in [2.45, 2.75) is 25.9 Å². The molecule has 1 aliphatic rings. The lowest BCUT2D eigenvalue weighted by molar-refractivity contribution is 0.0709. The Hall–Kier alpha value is -4.05. The number of aromatic amines is 1. The molecule has 2 aromatic carbocycles. The molecule has 1 amide bonds. The van der Waals surface area contributed by atoms with Crippen molar-refractivity contribution in [2.75, 3.05) is 0 Å². The summed E-state index contributed by atoms with van der Waals surface area (Å²) in [6, 6.07) is 15.7. The van der Waals surface area contributed by atoms with E-state index in [0.29, 0.717) is 18.5 Å². The molecule has 0 aliphatic carbocycles. The Morgan fingerprint density at radius 1 is 1.20 bits per heavy atom. The van der Waals surface area contributed by atoms with Crippen LogP contribution in [0.25, 0.3) is 11.0 Å². The number of hydrogen-bond donors (Lipinski definition) is 1. The number of aromatic nitrogens is 4. The highest BCUT2D eigenvalue weighted by molar-refractivity contribution is 5.99. The van der Waals surface area contributed by atoms with E-state index in [4.69, 9.17) is 0 Å². The monoisotopic (exact) mass is 394 g/mol. The van der Waals surface area contributed by atoms with Gasteiger partial charge in [0.2, 0.25) is 0 Å². The number of carbonyl (C=O) groups is 1. The van der Waals surface area contributed by atoms with E-state index in [-0.39, 0.29) is 11.9 Å². The van der Waals surface area contributed by atoms with E-state index in [1.54, 1.807) is 12.4 Å². The molecule has 7 heteroatoms. The first-order valence-electron chi connectivity index (χ1n) is 9.69. The molecule has 0 spiro atoms. The van der Waals surface area contributed by atoms with Crippen LogP contribution in [-0.2, 0) is 13.0 Å². The Bertz CT molecular complexity index is 1320. The van der Waals surface area contributed by atoms with Gasteiger partial charge in [-0.05, 0) is 53.8 Å². The van der Waals surface area contributed by atoms with Crippen LogP contribution in [0.2, 0.25) is 0 Å². The van der Waals surface area contributed by atoms with Gasteiger partial charge in [-0.1, -0.05) is 29.5 Å². The van der Waals surface area contributed by atoms with Gasteiger partial charge >= 0.3 is 0 Å². The minimum absolute atomic E-state index is 0.000988. The number of carbonyl (C=O) groups excluding carboxylic acids is 1. The van der Waals surface area contributed by atoms with Crippen molar-refractivity contribution in [3.63, 3.8) is 0 Å². The van der Waals surface area contributed by atoms with Crippen molar-refractivity contribution in [3.8, 4) is 6.07 Å². The first-order valence-corrected chi connectivity index (χ1v) is 9.69. The number of amides is 1. The van der Waals surface area contributed by atoms with Gasteiger partial charge in [0.05, 0.1) is 17.1 Å². The molecular weight excluding hydrogens is 376 g/mol. The van der Waals surface area contributed by atoms with Crippen molar-refractivity contribution in [3.05, 3.63) is 88.2 Å². The quantitative estimate of drug-likeness (QED) is 0.571. The van der Waals surface area contributed by atoms with Gasteiger partial charge in [-0.3, -0.25) is 14.9 Å². The SMILES string of the molecule is Cc1cncc(C#N)c1CC1c2ccccc2C(=O)N1Cc1ccc2[nH]nnc2c1. The third kappa shape index (κ3) is 2.90. The second-order valence-corrected chi connectivity index (χ2v) is 7.50. The van der Waals surface area contributed by atoms with Crippen molar-refractivity contribution < 1.29 is 4.79 Å². The number of pyridine rings is 1. The lowest BCUT2D eigenvalue weighted by Gasteiger charge is -2.26. The summed E-state index contributed by atoms with van der Waals surface area (Å²) in [6.07, 6.45) is 3.92. The molecule has 0 radical (unpaired) electrons. The van der Waals surface area contributed by atoms with Gasteiger partial charge in [-0.2, -0.15) is 5.26 Å². The molecule has 1 unspecified atom stereocenters. The highest BCUT2D eigenvalue weighted by Gasteiger charge is 2.37. The molecule has 1 atom stereocenters. The maximum Gasteiger partial charge on any atom is 0.255 e. The van der Waals surface area contributed by atoms with Gasteiger partial charge in [0.15, 0.2) is 0 Å². The number of aryl methyl sites for hydroxylation is 1. The molecule has 0 saturated carbocycles. The Kier molecular flexibility index (Phi) is 4.25. The van der Waals surface area contributed by atoms with Crippen LogP contribution in [0, 0.1) is 18.3 Å². The van der Waals surface area contributed by atoms with E-state index >= 15 is 0 Å². The van der Waals surface area contributed by atoms with Crippen LogP contribution in [0.3, 0.4) is 0 Å². The van der Waals surface area contributed by atoms with Crippen LogP contribution in [0.5, 0.6) is 0 Å². The average molecular weight is 394 g/mol. The van der Waals surface area contributed by atoms with Crippen LogP contribution < -0.4 is 0 Å². The highest BCUT2D eigenvalue weighted by Crippen LogP contribution is 2.38. The van der Waals surface area contributed by atoms with Crippen LogP contribution >= 0.6 is 0 Å². The van der Waals surface area contributed by atoms with E-state index in [9.17, 15) is 10.1 Å². The minimum Gasteiger partial charge on any atom is -0.327 e. The lowest BCUT2D eigenvalue weighted by Crippen LogP contribution is -2.29. The van der Waals surface area contributed by atoms with Crippen LogP contribution in [0.15, 0.2) is 54.9 Å². The molecule has 0 saturated heterocycles. The average Bonchev–Trinajstić information content (AvgIpc) is 3.33. The first-order chi connectivity index (χ1) is 14.7. The van der Waals surface area contributed by atoms with Gasteiger partial charge in [0, 0.05) is 24.5 Å². The van der Waals surface area contributed by atoms with Crippen LogP contribution in [0.1, 0.15) is 44.2 Å². The highest BCUT2D eigenvalue weighted by atomic mass is 16.2. The third-order valence-corrected chi connectivity index (χ3v) is 5.72. The molecule has 3 heterocycles. The zero-order chi connectivity index (χ0) is 20.7. The Morgan fingerprint density at radius 3 is 2.93 bits per heavy atom. The largest absolute Gasteiger partial charge is 0.327 e.